The Morgan fingerprint density at radius 1 is 1.09 bits per heavy atom. The number of nitrogens with one attached hydrogen (secondary N) is 2. The van der Waals surface area contributed by atoms with Gasteiger partial charge in [-0.2, -0.15) is 0 Å². The van der Waals surface area contributed by atoms with Crippen LogP contribution >= 0.6 is 0 Å². The number of benzene rings is 2. The molecule has 0 spiro atoms. The smallest absolute Gasteiger partial charge is 0.291 e. The molecule has 0 aliphatic rings. The molecule has 110 valence electrons. The van der Waals surface area contributed by atoms with E-state index < -0.39 is 5.91 Å². The zero-order valence-corrected chi connectivity index (χ0v) is 12.3. The zero-order valence-electron chi connectivity index (χ0n) is 12.3. The van der Waals surface area contributed by atoms with Gasteiger partial charge in [0.05, 0.1) is 10.9 Å². The maximum Gasteiger partial charge on any atom is 0.291 e. The fourth-order valence-electron chi connectivity index (χ4n) is 2.20. The Morgan fingerprint density at radius 2 is 1.86 bits per heavy atom. The number of aromatic amines is 1. The second kappa shape index (κ2) is 5.44. The van der Waals surface area contributed by atoms with Crippen molar-refractivity contribution in [3.63, 3.8) is 0 Å². The average molecular weight is 293 g/mol. The molecular weight excluding hydrogens is 278 g/mol. The number of anilines is 1. The lowest BCUT2D eigenvalue weighted by molar-refractivity contribution is 0.101. The van der Waals surface area contributed by atoms with Crippen molar-refractivity contribution < 1.29 is 4.79 Å². The van der Waals surface area contributed by atoms with Gasteiger partial charge in [0.2, 0.25) is 0 Å². The lowest BCUT2D eigenvalue weighted by Gasteiger charge is -2.07. The minimum atomic E-state index is -0.439. The quantitative estimate of drug-likeness (QED) is 0.763. The normalized spacial score (nSPS) is 10.6. The number of hydrogen-bond acceptors (Lipinski definition) is 3. The lowest BCUT2D eigenvalue weighted by Crippen LogP contribution is -2.21. The van der Waals surface area contributed by atoms with Crippen LogP contribution in [0.1, 0.15) is 21.7 Å². The Labute approximate surface area is 127 Å². The Balaban J connectivity index is 1.95. The number of carbonyl (C=O) groups is 1. The molecule has 3 rings (SSSR count). The average Bonchev–Trinajstić information content (AvgIpc) is 2.51. The van der Waals surface area contributed by atoms with Gasteiger partial charge in [0.1, 0.15) is 0 Å². The first-order valence-corrected chi connectivity index (χ1v) is 6.92. The van der Waals surface area contributed by atoms with Crippen LogP contribution in [0, 0.1) is 13.8 Å². The molecule has 5 heteroatoms. The third-order valence-corrected chi connectivity index (χ3v) is 3.59. The monoisotopic (exact) mass is 293 g/mol. The Hall–Kier alpha value is -2.95. The third-order valence-electron chi connectivity index (χ3n) is 3.59. The van der Waals surface area contributed by atoms with Gasteiger partial charge in [-0.05, 0) is 49.2 Å². The highest BCUT2D eigenvalue weighted by Gasteiger charge is 2.11. The summed E-state index contributed by atoms with van der Waals surface area (Å²) in [6.07, 6.45) is 0. The van der Waals surface area contributed by atoms with Gasteiger partial charge in [-0.15, -0.1) is 0 Å². The van der Waals surface area contributed by atoms with Gasteiger partial charge in [0.15, 0.2) is 5.82 Å². The van der Waals surface area contributed by atoms with E-state index in [0.29, 0.717) is 16.6 Å². The molecule has 2 aromatic carbocycles. The van der Waals surface area contributed by atoms with Crippen LogP contribution in [-0.2, 0) is 0 Å². The number of nitrogens with zero attached hydrogens (tertiary/aromatic N) is 1. The van der Waals surface area contributed by atoms with E-state index in [1.54, 1.807) is 24.3 Å². The number of fused-ring (bicyclic) bond motifs is 1. The van der Waals surface area contributed by atoms with Gasteiger partial charge >= 0.3 is 0 Å². The molecule has 2 N–H and O–H groups in total. The molecule has 0 saturated heterocycles. The van der Waals surface area contributed by atoms with Gasteiger partial charge in [-0.1, -0.05) is 18.2 Å². The Bertz CT molecular complexity index is 929. The van der Waals surface area contributed by atoms with Gasteiger partial charge in [0, 0.05) is 5.69 Å². The number of para-hydroxylation sites is 1. The molecule has 0 aliphatic heterocycles. The van der Waals surface area contributed by atoms with Crippen LogP contribution in [0.15, 0.2) is 47.3 Å². The highest BCUT2D eigenvalue weighted by Crippen LogP contribution is 2.15. The molecule has 1 heterocycles. The summed E-state index contributed by atoms with van der Waals surface area (Å²) >= 11 is 0. The fraction of sp³-hybridized carbons (Fsp3) is 0.118. The van der Waals surface area contributed by atoms with Gasteiger partial charge in [0.25, 0.3) is 11.5 Å². The summed E-state index contributed by atoms with van der Waals surface area (Å²) in [5.41, 5.74) is 3.07. The molecule has 0 saturated carbocycles. The summed E-state index contributed by atoms with van der Waals surface area (Å²) < 4.78 is 0. The number of rotatable bonds is 2. The molecule has 3 aromatic rings. The maximum absolute atomic E-state index is 12.3. The number of carbonyl (C=O) groups excluding carboxylic acids is 1. The second-order valence-corrected chi connectivity index (χ2v) is 5.18. The van der Waals surface area contributed by atoms with E-state index in [9.17, 15) is 9.59 Å². The predicted molar refractivity (Wildman–Crippen MR) is 86.2 cm³/mol. The summed E-state index contributed by atoms with van der Waals surface area (Å²) in [4.78, 5) is 31.0. The molecule has 0 unspecified atom stereocenters. The molecular formula is C17H15N3O2. The highest BCUT2D eigenvalue weighted by molar-refractivity contribution is 6.02. The van der Waals surface area contributed by atoms with E-state index >= 15 is 0 Å². The van der Waals surface area contributed by atoms with Crippen LogP contribution in [0.5, 0.6) is 0 Å². The maximum atomic E-state index is 12.3. The van der Waals surface area contributed by atoms with Crippen molar-refractivity contribution in [2.45, 2.75) is 13.8 Å². The van der Waals surface area contributed by atoms with Crippen molar-refractivity contribution in [2.24, 2.45) is 0 Å². The summed E-state index contributed by atoms with van der Waals surface area (Å²) in [5.74, 6) is -0.437. The molecule has 22 heavy (non-hydrogen) atoms. The largest absolute Gasteiger partial charge is 0.319 e. The summed E-state index contributed by atoms with van der Waals surface area (Å²) in [7, 11) is 0. The zero-order chi connectivity index (χ0) is 15.7. The van der Waals surface area contributed by atoms with E-state index in [1.807, 2.05) is 32.0 Å². The fourth-order valence-corrected chi connectivity index (χ4v) is 2.20. The standard InChI is InChI=1S/C17H15N3O2/c1-10-7-8-12(9-11(10)2)18-17(22)15-19-14-6-4-3-5-13(14)16(21)20-15/h3-9H,1-2H3,(H,18,22)(H,19,20,21). The minimum absolute atomic E-state index is 0.00179. The number of aryl methyl sites for hydroxylation is 2. The van der Waals surface area contributed by atoms with E-state index in [4.69, 9.17) is 0 Å². The van der Waals surface area contributed by atoms with E-state index in [0.717, 1.165) is 11.1 Å². The molecule has 0 aliphatic carbocycles. The third kappa shape index (κ3) is 2.61. The SMILES string of the molecule is Cc1ccc(NC(=O)c2nc3ccccc3c(=O)[nH]2)cc1C. The molecule has 0 radical (unpaired) electrons. The Kier molecular flexibility index (Phi) is 3.47. The van der Waals surface area contributed by atoms with Crippen molar-refractivity contribution >= 4 is 22.5 Å². The summed E-state index contributed by atoms with van der Waals surface area (Å²) in [5, 5.41) is 3.21. The molecule has 1 amide bonds. The van der Waals surface area contributed by atoms with Crippen LogP contribution in [0.4, 0.5) is 5.69 Å². The molecule has 0 atom stereocenters. The predicted octanol–water partition coefficient (Wildman–Crippen LogP) is 2.79. The number of aromatic nitrogens is 2. The van der Waals surface area contributed by atoms with Gasteiger partial charge < -0.3 is 10.3 Å². The number of amides is 1. The van der Waals surface area contributed by atoms with Crippen LogP contribution in [0.3, 0.4) is 0 Å². The van der Waals surface area contributed by atoms with E-state index in [2.05, 4.69) is 15.3 Å². The van der Waals surface area contributed by atoms with Crippen molar-refractivity contribution in [3.8, 4) is 0 Å². The molecule has 1 aromatic heterocycles. The first-order valence-electron chi connectivity index (χ1n) is 6.92. The molecule has 0 fully saturated rings. The first kappa shape index (κ1) is 14.0. The lowest BCUT2D eigenvalue weighted by atomic mass is 10.1. The van der Waals surface area contributed by atoms with Gasteiger partial charge in [-0.3, -0.25) is 9.59 Å². The van der Waals surface area contributed by atoms with Crippen molar-refractivity contribution in [1.82, 2.24) is 9.97 Å². The topological polar surface area (TPSA) is 74.8 Å². The number of H-pyrrole nitrogens is 1. The molecule has 0 bridgehead atoms. The van der Waals surface area contributed by atoms with Crippen LogP contribution in [0.2, 0.25) is 0 Å². The van der Waals surface area contributed by atoms with Crippen molar-refractivity contribution in [1.29, 1.82) is 0 Å². The van der Waals surface area contributed by atoms with E-state index in [-0.39, 0.29) is 11.4 Å². The Morgan fingerprint density at radius 3 is 2.64 bits per heavy atom. The van der Waals surface area contributed by atoms with E-state index in [1.165, 1.54) is 0 Å². The molecule has 5 nitrogen and oxygen atoms in total. The summed E-state index contributed by atoms with van der Waals surface area (Å²) in [6.45, 7) is 3.98. The van der Waals surface area contributed by atoms with Crippen LogP contribution in [-0.4, -0.2) is 15.9 Å². The minimum Gasteiger partial charge on any atom is -0.319 e. The van der Waals surface area contributed by atoms with Crippen LogP contribution < -0.4 is 10.9 Å². The van der Waals surface area contributed by atoms with Crippen LogP contribution in [0.25, 0.3) is 10.9 Å². The van der Waals surface area contributed by atoms with Crippen molar-refractivity contribution in [2.75, 3.05) is 5.32 Å². The van der Waals surface area contributed by atoms with Gasteiger partial charge in [-0.25, -0.2) is 4.98 Å². The van der Waals surface area contributed by atoms with Crippen molar-refractivity contribution in [3.05, 3.63) is 69.8 Å². The second-order valence-electron chi connectivity index (χ2n) is 5.18. The summed E-state index contributed by atoms with van der Waals surface area (Å²) in [6, 6.07) is 12.5. The first-order chi connectivity index (χ1) is 10.5. The highest BCUT2D eigenvalue weighted by atomic mass is 16.2. The number of hydrogen-bond donors (Lipinski definition) is 2.